The molecule has 0 fully saturated rings. The zero-order chi connectivity index (χ0) is 14.3. The zero-order valence-corrected chi connectivity index (χ0v) is 13.5. The van der Waals surface area contributed by atoms with E-state index >= 15 is 0 Å². The second kappa shape index (κ2) is 4.96. The van der Waals surface area contributed by atoms with Crippen LogP contribution in [0.2, 0.25) is 0 Å². The Morgan fingerprint density at radius 1 is 1.26 bits per heavy atom. The van der Waals surface area contributed by atoms with Crippen molar-refractivity contribution in [2.45, 2.75) is 34.2 Å². The van der Waals surface area contributed by atoms with Gasteiger partial charge in [-0.1, -0.05) is 0 Å². The van der Waals surface area contributed by atoms with Crippen molar-refractivity contribution in [2.75, 3.05) is 0 Å². The van der Waals surface area contributed by atoms with Gasteiger partial charge in [-0.05, 0) is 55.3 Å². The van der Waals surface area contributed by atoms with Crippen molar-refractivity contribution in [3.63, 3.8) is 0 Å². The first kappa shape index (κ1) is 14.1. The van der Waals surface area contributed by atoms with Crippen LogP contribution in [-0.4, -0.2) is 14.3 Å². The highest BCUT2D eigenvalue weighted by molar-refractivity contribution is 9.10. The quantitative estimate of drug-likeness (QED) is 0.852. The van der Waals surface area contributed by atoms with Gasteiger partial charge in [-0.3, -0.25) is 9.48 Å². The lowest BCUT2D eigenvalue weighted by atomic mass is 10.1. The highest BCUT2D eigenvalue weighted by atomic mass is 79.9. The molecule has 0 saturated carbocycles. The van der Waals surface area contributed by atoms with Gasteiger partial charge >= 0.3 is 0 Å². The normalized spacial score (nSPS) is 11.1. The van der Waals surface area contributed by atoms with Crippen LogP contribution in [0.4, 0.5) is 0 Å². The number of hydrogen-bond acceptors (Lipinski definition) is 2. The summed E-state index contributed by atoms with van der Waals surface area (Å²) in [7, 11) is 1.80. The van der Waals surface area contributed by atoms with Crippen LogP contribution in [0.25, 0.3) is 11.4 Å². The summed E-state index contributed by atoms with van der Waals surface area (Å²) in [6.45, 7) is 8.71. The maximum atomic E-state index is 12.1. The number of hydrogen-bond donors (Lipinski definition) is 0. The Hall–Kier alpha value is -1.36. The van der Waals surface area contributed by atoms with E-state index in [0.717, 1.165) is 39.2 Å². The summed E-state index contributed by atoms with van der Waals surface area (Å²) in [5.41, 5.74) is 4.67. The number of aryl methyl sites for hydroxylation is 3. The van der Waals surface area contributed by atoms with Crippen LogP contribution in [0, 0.1) is 20.8 Å². The van der Waals surface area contributed by atoms with Crippen LogP contribution in [0.1, 0.15) is 23.6 Å². The van der Waals surface area contributed by atoms with E-state index in [1.807, 2.05) is 38.4 Å². The molecule has 0 aliphatic carbocycles. The Balaban J connectivity index is 2.80. The zero-order valence-electron chi connectivity index (χ0n) is 11.9. The van der Waals surface area contributed by atoms with Gasteiger partial charge in [-0.25, -0.2) is 0 Å². The molecular weight excluding hydrogens is 306 g/mol. The standard InChI is InChI=1S/C14H18BrN3O/c1-6-18-13(15)10(4)11(16-18)12-8(2)7-9(3)14(19)17(12)5/h7H,6H2,1-5H3. The van der Waals surface area contributed by atoms with Gasteiger partial charge in [0.05, 0.1) is 5.69 Å². The second-order valence-electron chi connectivity index (χ2n) is 4.80. The van der Waals surface area contributed by atoms with Crippen LogP contribution in [0.3, 0.4) is 0 Å². The average molecular weight is 324 g/mol. The van der Waals surface area contributed by atoms with Crippen LogP contribution in [0.15, 0.2) is 15.5 Å². The lowest BCUT2D eigenvalue weighted by Crippen LogP contribution is -2.22. The fraction of sp³-hybridized carbons (Fsp3) is 0.429. The highest BCUT2D eigenvalue weighted by Gasteiger charge is 2.18. The number of aromatic nitrogens is 3. The summed E-state index contributed by atoms with van der Waals surface area (Å²) in [5.74, 6) is 0. The topological polar surface area (TPSA) is 39.8 Å². The molecule has 4 nitrogen and oxygen atoms in total. The molecule has 0 radical (unpaired) electrons. The van der Waals surface area contributed by atoms with Gasteiger partial charge in [0.15, 0.2) is 0 Å². The molecule has 19 heavy (non-hydrogen) atoms. The van der Waals surface area contributed by atoms with Crippen LogP contribution < -0.4 is 5.56 Å². The Morgan fingerprint density at radius 2 is 1.89 bits per heavy atom. The SMILES string of the molecule is CCn1nc(-c2c(C)cc(C)c(=O)n2C)c(C)c1Br. The third-order valence-corrected chi connectivity index (χ3v) is 4.42. The maximum absolute atomic E-state index is 12.1. The summed E-state index contributed by atoms with van der Waals surface area (Å²) >= 11 is 3.55. The average Bonchev–Trinajstić information content (AvgIpc) is 2.64. The van der Waals surface area contributed by atoms with Crippen molar-refractivity contribution < 1.29 is 0 Å². The Kier molecular flexibility index (Phi) is 3.67. The molecule has 0 amide bonds. The van der Waals surface area contributed by atoms with E-state index in [9.17, 15) is 4.79 Å². The number of halogens is 1. The number of pyridine rings is 1. The predicted octanol–water partition coefficient (Wildman–Crippen LogP) is 2.96. The monoisotopic (exact) mass is 323 g/mol. The molecule has 2 aromatic rings. The minimum atomic E-state index is 0.0298. The van der Waals surface area contributed by atoms with Crippen LogP contribution >= 0.6 is 15.9 Å². The van der Waals surface area contributed by atoms with Crippen molar-refractivity contribution in [3.05, 3.63) is 37.7 Å². The molecule has 0 saturated heterocycles. The molecule has 2 aromatic heterocycles. The minimum Gasteiger partial charge on any atom is -0.309 e. The van der Waals surface area contributed by atoms with E-state index in [1.54, 1.807) is 11.6 Å². The van der Waals surface area contributed by atoms with E-state index < -0.39 is 0 Å². The molecule has 0 aliphatic heterocycles. The summed E-state index contributed by atoms with van der Waals surface area (Å²) in [5, 5.41) is 4.60. The van der Waals surface area contributed by atoms with E-state index in [1.165, 1.54) is 0 Å². The summed E-state index contributed by atoms with van der Waals surface area (Å²) in [6, 6.07) is 1.93. The molecule has 0 unspecified atom stereocenters. The fourth-order valence-electron chi connectivity index (χ4n) is 2.40. The Morgan fingerprint density at radius 3 is 2.42 bits per heavy atom. The van der Waals surface area contributed by atoms with Gasteiger partial charge in [-0.2, -0.15) is 5.10 Å². The molecule has 0 aliphatic rings. The molecule has 0 N–H and O–H groups in total. The van der Waals surface area contributed by atoms with Crippen molar-refractivity contribution >= 4 is 15.9 Å². The molecule has 0 spiro atoms. The van der Waals surface area contributed by atoms with E-state index in [-0.39, 0.29) is 5.56 Å². The van der Waals surface area contributed by atoms with Gasteiger partial charge in [0.2, 0.25) is 0 Å². The van der Waals surface area contributed by atoms with E-state index in [4.69, 9.17) is 0 Å². The van der Waals surface area contributed by atoms with E-state index in [2.05, 4.69) is 21.0 Å². The van der Waals surface area contributed by atoms with Gasteiger partial charge in [-0.15, -0.1) is 0 Å². The third-order valence-electron chi connectivity index (χ3n) is 3.42. The molecule has 102 valence electrons. The largest absolute Gasteiger partial charge is 0.309 e. The molecule has 0 bridgehead atoms. The van der Waals surface area contributed by atoms with Crippen LogP contribution in [-0.2, 0) is 13.6 Å². The van der Waals surface area contributed by atoms with Crippen molar-refractivity contribution in [2.24, 2.45) is 7.05 Å². The number of nitrogens with zero attached hydrogens (tertiary/aromatic N) is 3. The number of rotatable bonds is 2. The third kappa shape index (κ3) is 2.16. The molecular formula is C14H18BrN3O. The van der Waals surface area contributed by atoms with Crippen LogP contribution in [0.5, 0.6) is 0 Å². The first-order valence-electron chi connectivity index (χ1n) is 6.29. The Labute approximate surface area is 121 Å². The molecule has 2 heterocycles. The fourth-order valence-corrected chi connectivity index (χ4v) is 2.91. The van der Waals surface area contributed by atoms with E-state index in [0.29, 0.717) is 0 Å². The lowest BCUT2D eigenvalue weighted by Gasteiger charge is -2.11. The van der Waals surface area contributed by atoms with Crippen molar-refractivity contribution in [1.82, 2.24) is 14.3 Å². The lowest BCUT2D eigenvalue weighted by molar-refractivity contribution is 0.645. The van der Waals surface area contributed by atoms with Gasteiger partial charge in [0.1, 0.15) is 10.3 Å². The Bertz CT molecular complexity index is 698. The van der Waals surface area contributed by atoms with Gasteiger partial charge < -0.3 is 4.57 Å². The minimum absolute atomic E-state index is 0.0298. The first-order chi connectivity index (χ1) is 8.88. The molecule has 0 atom stereocenters. The van der Waals surface area contributed by atoms with Crippen molar-refractivity contribution in [3.8, 4) is 11.4 Å². The predicted molar refractivity (Wildman–Crippen MR) is 80.5 cm³/mol. The molecule has 0 aromatic carbocycles. The summed E-state index contributed by atoms with van der Waals surface area (Å²) in [4.78, 5) is 12.1. The molecule has 2 rings (SSSR count). The second-order valence-corrected chi connectivity index (χ2v) is 5.55. The van der Waals surface area contributed by atoms with Gasteiger partial charge in [0, 0.05) is 24.7 Å². The van der Waals surface area contributed by atoms with Gasteiger partial charge in [0.25, 0.3) is 5.56 Å². The summed E-state index contributed by atoms with van der Waals surface area (Å²) < 4.78 is 4.55. The summed E-state index contributed by atoms with van der Waals surface area (Å²) in [6.07, 6.45) is 0. The molecule has 5 heteroatoms. The highest BCUT2D eigenvalue weighted by Crippen LogP contribution is 2.29. The van der Waals surface area contributed by atoms with Crippen molar-refractivity contribution in [1.29, 1.82) is 0 Å². The maximum Gasteiger partial charge on any atom is 0.253 e. The smallest absolute Gasteiger partial charge is 0.253 e. The first-order valence-corrected chi connectivity index (χ1v) is 7.08.